The van der Waals surface area contributed by atoms with Crippen LogP contribution >= 0.6 is 0 Å². The average molecular weight is 653 g/mol. The summed E-state index contributed by atoms with van der Waals surface area (Å²) in [6.07, 6.45) is -3.67. The fourth-order valence-electron chi connectivity index (χ4n) is 4.34. The molecule has 0 bridgehead atoms. The number of ether oxygens (including phenoxy) is 4. The van der Waals surface area contributed by atoms with E-state index in [2.05, 4.69) is 20.9 Å². The number of nitrogens with one attached hydrogen (secondary N) is 3. The third kappa shape index (κ3) is 11.5. The van der Waals surface area contributed by atoms with Crippen LogP contribution in [0.4, 0.5) is 9.59 Å². The Hall–Kier alpha value is -5.40. The molecular weight excluding hydrogens is 612 g/mol. The van der Waals surface area contributed by atoms with Gasteiger partial charge < -0.3 is 34.7 Å². The van der Waals surface area contributed by atoms with Crippen LogP contribution in [0.1, 0.15) is 65.7 Å². The number of rotatable bonds is 7. The summed E-state index contributed by atoms with van der Waals surface area (Å²) in [7, 11) is 0. The van der Waals surface area contributed by atoms with Crippen molar-refractivity contribution in [3.8, 4) is 0 Å². The first-order valence-electron chi connectivity index (χ1n) is 14.7. The number of benzene rings is 2. The lowest BCUT2D eigenvalue weighted by atomic mass is 9.97. The monoisotopic (exact) mass is 652 g/mol. The summed E-state index contributed by atoms with van der Waals surface area (Å²) in [5.74, 6) is -4.21. The maximum Gasteiger partial charge on any atom is 0.437 e. The van der Waals surface area contributed by atoms with Gasteiger partial charge in [0.25, 0.3) is 0 Å². The molecule has 1 aliphatic rings. The minimum atomic E-state index is -1.82. The zero-order chi connectivity index (χ0) is 34.9. The number of aliphatic imine (C=N–C) groups is 1. The van der Waals surface area contributed by atoms with Gasteiger partial charge in [-0.2, -0.15) is 0 Å². The van der Waals surface area contributed by atoms with Gasteiger partial charge in [-0.25, -0.2) is 19.2 Å². The van der Waals surface area contributed by atoms with Crippen molar-refractivity contribution in [3.05, 3.63) is 83.6 Å². The molecule has 2 aromatic carbocycles. The van der Waals surface area contributed by atoms with Crippen LogP contribution < -0.4 is 16.0 Å². The molecule has 3 atom stereocenters. The molecule has 0 unspecified atom stereocenters. The first-order chi connectivity index (χ1) is 21.9. The van der Waals surface area contributed by atoms with E-state index in [9.17, 15) is 29.1 Å². The average Bonchev–Trinajstić information content (AvgIpc) is 2.95. The number of carbonyl (C=O) groups is 5. The second-order valence-corrected chi connectivity index (χ2v) is 12.5. The topological polar surface area (TPSA) is 191 Å². The second kappa shape index (κ2) is 15.3. The Morgan fingerprint density at radius 2 is 1.36 bits per heavy atom. The molecule has 1 aliphatic heterocycles. The fourth-order valence-corrected chi connectivity index (χ4v) is 4.34. The van der Waals surface area contributed by atoms with Crippen LogP contribution in [0.25, 0.3) is 0 Å². The Balaban J connectivity index is 2.05. The minimum Gasteiger partial charge on any atom is -0.478 e. The molecule has 252 valence electrons. The molecule has 14 heteroatoms. The number of carbonyl (C=O) groups excluding carboxylic acids is 4. The summed E-state index contributed by atoms with van der Waals surface area (Å²) < 4.78 is 22.0. The largest absolute Gasteiger partial charge is 0.478 e. The highest BCUT2D eigenvalue weighted by Crippen LogP contribution is 2.29. The van der Waals surface area contributed by atoms with Gasteiger partial charge in [0.1, 0.15) is 17.2 Å². The molecule has 14 nitrogen and oxygen atoms in total. The predicted molar refractivity (Wildman–Crippen MR) is 169 cm³/mol. The van der Waals surface area contributed by atoms with Crippen molar-refractivity contribution in [2.45, 2.75) is 84.0 Å². The van der Waals surface area contributed by atoms with Gasteiger partial charge >= 0.3 is 24.1 Å². The molecule has 4 N–H and O–H groups in total. The molecular formula is C33H40N4O10. The lowest BCUT2D eigenvalue weighted by molar-refractivity contribution is -0.157. The van der Waals surface area contributed by atoms with E-state index < -0.39 is 77.2 Å². The van der Waals surface area contributed by atoms with E-state index in [0.29, 0.717) is 11.1 Å². The summed E-state index contributed by atoms with van der Waals surface area (Å²) in [5, 5.41) is 17.6. The molecule has 2 aromatic rings. The van der Waals surface area contributed by atoms with Crippen molar-refractivity contribution in [3.63, 3.8) is 0 Å². The highest BCUT2D eigenvalue weighted by molar-refractivity contribution is 5.99. The zero-order valence-electron chi connectivity index (χ0n) is 27.2. The number of alkyl carbamates (subject to hydrolysis) is 1. The van der Waals surface area contributed by atoms with Crippen LogP contribution in [-0.2, 0) is 33.3 Å². The van der Waals surface area contributed by atoms with E-state index in [1.807, 2.05) is 0 Å². The number of esters is 1. The van der Waals surface area contributed by atoms with Gasteiger partial charge in [0.15, 0.2) is 6.10 Å². The number of amides is 3. The Morgan fingerprint density at radius 1 is 0.830 bits per heavy atom. The third-order valence-electron chi connectivity index (χ3n) is 6.06. The highest BCUT2D eigenvalue weighted by atomic mass is 16.6. The van der Waals surface area contributed by atoms with Crippen molar-refractivity contribution in [2.24, 2.45) is 4.99 Å². The van der Waals surface area contributed by atoms with Crippen molar-refractivity contribution in [1.29, 1.82) is 0 Å². The van der Waals surface area contributed by atoms with Gasteiger partial charge in [-0.05, 0) is 58.7 Å². The Morgan fingerprint density at radius 3 is 1.83 bits per heavy atom. The molecule has 47 heavy (non-hydrogen) atoms. The first-order valence-corrected chi connectivity index (χ1v) is 14.7. The van der Waals surface area contributed by atoms with Gasteiger partial charge in [-0.3, -0.25) is 10.1 Å². The molecule has 0 saturated heterocycles. The number of carboxylic acids is 1. The van der Waals surface area contributed by atoms with Crippen molar-refractivity contribution in [2.75, 3.05) is 0 Å². The molecule has 0 radical (unpaired) electrons. The molecule has 0 saturated carbocycles. The Bertz CT molecular complexity index is 1470. The SMILES string of the molecule is CC(=O)N[C@@H]1[C@@H](N/C(=N\C(=O)OC(C)(C)C)NC(=O)OC(C)(C)C)C=C(C(=O)OC(c2ccccc2)c2ccccc2)O[C@H]1C(=O)O. The Labute approximate surface area is 272 Å². The van der Waals surface area contributed by atoms with Gasteiger partial charge in [0, 0.05) is 6.92 Å². The second-order valence-electron chi connectivity index (χ2n) is 12.5. The standard InChI is InChI=1S/C33H40N4O10/c1-19(38)34-24-22(35-29(36-30(42)46-32(2,3)4)37-31(43)47-33(5,6)7)18-23(44-26(24)27(39)40)28(41)45-25(20-14-10-8-11-15-20)21-16-12-9-13-17-21/h8-18,22,24-26H,1-7H3,(H,34,38)(H,39,40)(H2,35,36,37,42,43)/t22-,24+,26+/m0/s1. The summed E-state index contributed by atoms with van der Waals surface area (Å²) in [5.41, 5.74) is -0.610. The molecule has 0 fully saturated rings. The van der Waals surface area contributed by atoms with Gasteiger partial charge in [0.05, 0.1) is 6.04 Å². The molecule has 3 amide bonds. The van der Waals surface area contributed by atoms with Crippen LogP contribution in [0, 0.1) is 0 Å². The predicted octanol–water partition coefficient (Wildman–Crippen LogP) is 3.97. The van der Waals surface area contributed by atoms with Crippen molar-refractivity contribution >= 4 is 36.0 Å². The maximum absolute atomic E-state index is 13.6. The van der Waals surface area contributed by atoms with E-state index in [-0.39, 0.29) is 0 Å². The van der Waals surface area contributed by atoms with Gasteiger partial charge in [-0.15, -0.1) is 4.99 Å². The fraction of sp³-hybridized carbons (Fsp3) is 0.394. The van der Waals surface area contributed by atoms with Gasteiger partial charge in [0.2, 0.25) is 23.7 Å². The number of aliphatic carboxylic acids is 1. The Kier molecular flexibility index (Phi) is 11.7. The smallest absolute Gasteiger partial charge is 0.437 e. The molecule has 0 aromatic heterocycles. The first kappa shape index (κ1) is 36.1. The number of carboxylic acid groups (broad SMARTS) is 1. The van der Waals surface area contributed by atoms with Gasteiger partial charge in [-0.1, -0.05) is 60.7 Å². The zero-order valence-corrected chi connectivity index (χ0v) is 27.2. The molecule has 0 spiro atoms. The van der Waals surface area contributed by atoms with Crippen molar-refractivity contribution < 1.29 is 48.0 Å². The summed E-state index contributed by atoms with van der Waals surface area (Å²) in [6.45, 7) is 10.8. The van der Waals surface area contributed by atoms with E-state index in [1.54, 1.807) is 102 Å². The summed E-state index contributed by atoms with van der Waals surface area (Å²) in [6, 6.07) is 15.1. The molecule has 1 heterocycles. The van der Waals surface area contributed by atoms with Crippen LogP contribution in [0.5, 0.6) is 0 Å². The molecule has 3 rings (SSSR count). The third-order valence-corrected chi connectivity index (χ3v) is 6.06. The van der Waals surface area contributed by atoms with E-state index in [1.165, 1.54) is 0 Å². The lowest BCUT2D eigenvalue weighted by Gasteiger charge is -2.36. The van der Waals surface area contributed by atoms with Crippen LogP contribution in [0.15, 0.2) is 77.5 Å². The van der Waals surface area contributed by atoms with Crippen LogP contribution in [-0.4, -0.2) is 70.5 Å². The number of hydrogen-bond acceptors (Lipinski definition) is 9. The summed E-state index contributed by atoms with van der Waals surface area (Å²) in [4.78, 5) is 67.3. The number of hydrogen-bond donors (Lipinski definition) is 4. The number of nitrogens with zero attached hydrogens (tertiary/aromatic N) is 1. The van der Waals surface area contributed by atoms with Crippen molar-refractivity contribution in [1.82, 2.24) is 16.0 Å². The highest BCUT2D eigenvalue weighted by Gasteiger charge is 2.43. The lowest BCUT2D eigenvalue weighted by Crippen LogP contribution is -2.62. The van der Waals surface area contributed by atoms with E-state index in [4.69, 9.17) is 18.9 Å². The van der Waals surface area contributed by atoms with E-state index in [0.717, 1.165) is 13.0 Å². The minimum absolute atomic E-state index is 0.512. The summed E-state index contributed by atoms with van der Waals surface area (Å²) >= 11 is 0. The van der Waals surface area contributed by atoms with Crippen LogP contribution in [0.2, 0.25) is 0 Å². The number of guanidine groups is 1. The molecule has 0 aliphatic carbocycles. The van der Waals surface area contributed by atoms with Crippen LogP contribution in [0.3, 0.4) is 0 Å². The van der Waals surface area contributed by atoms with E-state index >= 15 is 0 Å². The maximum atomic E-state index is 13.6. The quantitative estimate of drug-likeness (QED) is 0.147. The normalized spacial score (nSPS) is 18.2.